The van der Waals surface area contributed by atoms with Crippen LogP contribution in [0.5, 0.6) is 11.5 Å². The first-order chi connectivity index (χ1) is 15.2. The average Bonchev–Trinajstić information content (AvgIpc) is 3.07. The second kappa shape index (κ2) is 10.0. The van der Waals surface area contributed by atoms with Crippen LogP contribution in [0.3, 0.4) is 0 Å². The van der Waals surface area contributed by atoms with Crippen molar-refractivity contribution in [2.75, 3.05) is 6.54 Å². The highest BCUT2D eigenvalue weighted by atomic mass is 31.2. The lowest BCUT2D eigenvalue weighted by Gasteiger charge is -2.33. The van der Waals surface area contributed by atoms with Crippen molar-refractivity contribution in [3.63, 3.8) is 0 Å². The van der Waals surface area contributed by atoms with E-state index in [1.165, 1.54) is 4.90 Å². The predicted molar refractivity (Wildman–Crippen MR) is 122 cm³/mol. The van der Waals surface area contributed by atoms with Crippen molar-refractivity contribution in [3.05, 3.63) is 71.8 Å². The first kappa shape index (κ1) is 23.6. The zero-order valence-corrected chi connectivity index (χ0v) is 19.0. The first-order valence-corrected chi connectivity index (χ1v) is 11.9. The summed E-state index contributed by atoms with van der Waals surface area (Å²) in [7, 11) is -3.99. The number of nitrogens with zero attached hydrogens (tertiary/aromatic N) is 1. The Labute approximate surface area is 187 Å². The van der Waals surface area contributed by atoms with Gasteiger partial charge in [0.05, 0.1) is 6.04 Å². The predicted octanol–water partition coefficient (Wildman–Crippen LogP) is 3.44. The van der Waals surface area contributed by atoms with Crippen molar-refractivity contribution in [1.82, 2.24) is 4.90 Å². The third-order valence-electron chi connectivity index (χ3n) is 5.32. The first-order valence-electron chi connectivity index (χ1n) is 10.3. The van der Waals surface area contributed by atoms with E-state index in [1.807, 2.05) is 19.1 Å². The van der Waals surface area contributed by atoms with Gasteiger partial charge in [0, 0.05) is 13.0 Å². The number of carbonyl (C=O) groups is 2. The molecular weight excluding hydrogens is 429 g/mol. The second-order valence-corrected chi connectivity index (χ2v) is 9.70. The maximum Gasteiger partial charge on any atom is 0.457 e. The smallest absolute Gasteiger partial charge is 0.414 e. The quantitative estimate of drug-likeness (QED) is 0.439. The molecule has 1 unspecified atom stereocenters. The number of primary amides is 1. The summed E-state index contributed by atoms with van der Waals surface area (Å²) in [5.74, 6) is -1.23. The summed E-state index contributed by atoms with van der Waals surface area (Å²) in [4.78, 5) is 25.8. The molecule has 32 heavy (non-hydrogen) atoms. The molecule has 0 spiro atoms. The van der Waals surface area contributed by atoms with Crippen molar-refractivity contribution in [2.24, 2.45) is 11.5 Å². The molecule has 1 aliphatic rings. The number of hydrogen-bond acceptors (Lipinski definition) is 6. The Hall–Kier alpha value is -3.09. The Morgan fingerprint density at radius 1 is 1.03 bits per heavy atom. The Morgan fingerprint density at radius 3 is 2.00 bits per heavy atom. The lowest BCUT2D eigenvalue weighted by molar-refractivity contribution is -0.132. The number of benzene rings is 2. The van der Waals surface area contributed by atoms with E-state index in [4.69, 9.17) is 20.5 Å². The summed E-state index contributed by atoms with van der Waals surface area (Å²) in [5.41, 5.74) is 12.8. The van der Waals surface area contributed by atoms with Crippen LogP contribution >= 0.6 is 7.60 Å². The summed E-state index contributed by atoms with van der Waals surface area (Å²) >= 11 is 0. The number of amides is 2. The van der Waals surface area contributed by atoms with E-state index in [2.05, 4.69) is 0 Å². The Morgan fingerprint density at radius 2 is 1.53 bits per heavy atom. The lowest BCUT2D eigenvalue weighted by Crippen LogP contribution is -2.48. The molecular formula is C23H28N3O5P. The van der Waals surface area contributed by atoms with Crippen LogP contribution in [0.25, 0.3) is 0 Å². The number of para-hydroxylation sites is 2. The molecule has 3 rings (SSSR count). The van der Waals surface area contributed by atoms with Gasteiger partial charge in [0.15, 0.2) is 5.78 Å². The summed E-state index contributed by atoms with van der Waals surface area (Å²) in [6.45, 7) is 3.90. The molecule has 1 aliphatic heterocycles. The van der Waals surface area contributed by atoms with E-state index < -0.39 is 31.2 Å². The van der Waals surface area contributed by atoms with Gasteiger partial charge < -0.3 is 25.4 Å². The average molecular weight is 457 g/mol. The molecule has 2 aromatic carbocycles. The fourth-order valence-electron chi connectivity index (χ4n) is 3.54. The number of carbonyl (C=O) groups excluding carboxylic acids is 2. The molecule has 2 aromatic rings. The van der Waals surface area contributed by atoms with Crippen molar-refractivity contribution in [1.29, 1.82) is 0 Å². The maximum absolute atomic E-state index is 14.3. The third kappa shape index (κ3) is 5.39. The highest BCUT2D eigenvalue weighted by molar-refractivity contribution is 7.55. The number of hydrogen-bond donors (Lipinski definition) is 2. The monoisotopic (exact) mass is 457 g/mol. The largest absolute Gasteiger partial charge is 0.457 e. The Bertz CT molecular complexity index is 997. The molecule has 9 heteroatoms. The van der Waals surface area contributed by atoms with E-state index in [0.29, 0.717) is 11.5 Å². The summed E-state index contributed by atoms with van der Waals surface area (Å²) in [6, 6.07) is 16.4. The van der Waals surface area contributed by atoms with E-state index >= 15 is 0 Å². The van der Waals surface area contributed by atoms with Crippen LogP contribution in [0.4, 0.5) is 0 Å². The van der Waals surface area contributed by atoms with Crippen LogP contribution in [0, 0.1) is 0 Å². The van der Waals surface area contributed by atoms with Gasteiger partial charge in [0.25, 0.3) is 0 Å². The van der Waals surface area contributed by atoms with E-state index in [0.717, 1.165) is 11.1 Å². The molecule has 0 bridgehead atoms. The lowest BCUT2D eigenvalue weighted by atomic mass is 10.1. The Balaban J connectivity index is 1.98. The zero-order valence-electron chi connectivity index (χ0n) is 18.1. The maximum atomic E-state index is 14.3. The number of rotatable bonds is 9. The summed E-state index contributed by atoms with van der Waals surface area (Å²) in [6.07, 6.45) is 0.0777. The molecule has 2 atom stereocenters. The van der Waals surface area contributed by atoms with Gasteiger partial charge >= 0.3 is 7.60 Å². The van der Waals surface area contributed by atoms with Gasteiger partial charge in [0.2, 0.25) is 11.8 Å². The fourth-order valence-corrected chi connectivity index (χ4v) is 5.84. The molecule has 0 aliphatic carbocycles. The summed E-state index contributed by atoms with van der Waals surface area (Å²) in [5, 5.41) is 0. The molecule has 0 radical (unpaired) electrons. The molecule has 170 valence electrons. The third-order valence-corrected chi connectivity index (χ3v) is 7.51. The minimum absolute atomic E-state index is 0.0184. The Kier molecular flexibility index (Phi) is 7.38. The highest BCUT2D eigenvalue weighted by Gasteiger charge is 2.50. The van der Waals surface area contributed by atoms with Crippen LogP contribution < -0.4 is 20.5 Å². The van der Waals surface area contributed by atoms with Gasteiger partial charge in [-0.25, -0.2) is 4.57 Å². The van der Waals surface area contributed by atoms with Gasteiger partial charge in [0.1, 0.15) is 11.5 Å². The van der Waals surface area contributed by atoms with Crippen molar-refractivity contribution < 1.29 is 23.2 Å². The number of nitrogens with two attached hydrogens (primary N) is 2. The van der Waals surface area contributed by atoms with E-state index in [-0.39, 0.29) is 19.4 Å². The van der Waals surface area contributed by atoms with Gasteiger partial charge in [-0.05, 0) is 50.1 Å². The molecule has 4 N–H and O–H groups in total. The van der Waals surface area contributed by atoms with Crippen LogP contribution in [0.2, 0.25) is 0 Å². The van der Waals surface area contributed by atoms with Crippen molar-refractivity contribution in [3.8, 4) is 11.5 Å². The van der Waals surface area contributed by atoms with E-state index in [9.17, 15) is 14.2 Å². The van der Waals surface area contributed by atoms with Crippen LogP contribution in [-0.4, -0.2) is 35.1 Å². The van der Waals surface area contributed by atoms with Crippen LogP contribution in [-0.2, 0) is 14.2 Å². The molecule has 2 amide bonds. The van der Waals surface area contributed by atoms with Gasteiger partial charge in [-0.1, -0.05) is 42.0 Å². The van der Waals surface area contributed by atoms with Crippen molar-refractivity contribution in [2.45, 2.75) is 38.5 Å². The molecule has 0 aromatic heterocycles. The molecule has 8 nitrogen and oxygen atoms in total. The fraction of sp³-hybridized carbons (Fsp3) is 0.304. The topological polar surface area (TPSA) is 125 Å². The van der Waals surface area contributed by atoms with Gasteiger partial charge in [-0.3, -0.25) is 9.59 Å². The minimum Gasteiger partial charge on any atom is -0.414 e. The normalized spacial score (nSPS) is 17.2. The molecule has 0 saturated heterocycles. The van der Waals surface area contributed by atoms with Gasteiger partial charge in [-0.15, -0.1) is 0 Å². The van der Waals surface area contributed by atoms with Gasteiger partial charge in [-0.2, -0.15) is 0 Å². The molecule has 1 heterocycles. The zero-order chi connectivity index (χ0) is 23.3. The molecule has 0 fully saturated rings. The van der Waals surface area contributed by atoms with Crippen molar-refractivity contribution >= 4 is 19.4 Å². The SMILES string of the molecule is CC1=C(C)C(P(=O)(Oc2ccccc2)Oc2ccccc2)N(C(=O)[C@@H](N)CCC(N)=O)C1. The van der Waals surface area contributed by atoms with E-state index in [1.54, 1.807) is 55.5 Å². The standard InChI is InChI=1S/C23H28N3O5P/c1-16-15-26(22(28)20(24)13-14-21(25)27)23(17(16)2)32(29,30-18-9-5-3-6-10-18)31-19-11-7-4-8-12-19/h3-12,20,23H,13-15,24H2,1-2H3,(H2,25,27)/t20-,23?/m0/s1. The highest BCUT2D eigenvalue weighted by Crippen LogP contribution is 2.58. The summed E-state index contributed by atoms with van der Waals surface area (Å²) < 4.78 is 26.2. The second-order valence-electron chi connectivity index (χ2n) is 7.76. The molecule has 0 saturated carbocycles. The minimum atomic E-state index is -3.99. The van der Waals surface area contributed by atoms with Crippen LogP contribution in [0.1, 0.15) is 26.7 Å². The van der Waals surface area contributed by atoms with Crippen LogP contribution in [0.15, 0.2) is 71.8 Å².